The highest BCUT2D eigenvalue weighted by Gasteiger charge is 2.21. The molecular weight excluding hydrogens is 829 g/mol. The van der Waals surface area contributed by atoms with Gasteiger partial charge in [-0.1, -0.05) is 194 Å². The van der Waals surface area contributed by atoms with Gasteiger partial charge in [-0.05, 0) is 70.8 Å². The lowest BCUT2D eigenvalue weighted by molar-refractivity contribution is 0.953. The van der Waals surface area contributed by atoms with Gasteiger partial charge in [0.25, 0.3) is 0 Å². The predicted octanol–water partition coefficient (Wildman–Crippen LogP) is 15.5. The summed E-state index contributed by atoms with van der Waals surface area (Å²) in [6.45, 7) is 0. The zero-order chi connectivity index (χ0) is 45.0. The molecule has 0 atom stereocenters. The second-order valence-corrected chi connectivity index (χ2v) is 17.1. The number of pyridine rings is 1. The molecule has 0 saturated carbocycles. The minimum Gasteiger partial charge on any atom is -0.309 e. The average Bonchev–Trinajstić information content (AvgIpc) is 3.93. The molecular formula is C62H40N6. The van der Waals surface area contributed by atoms with Gasteiger partial charge in [0.1, 0.15) is 0 Å². The Kier molecular flexibility index (Phi) is 9.39. The zero-order valence-electron chi connectivity index (χ0n) is 36.8. The van der Waals surface area contributed by atoms with E-state index in [2.05, 4.69) is 185 Å². The molecule has 0 aliphatic rings. The molecule has 4 heterocycles. The largest absolute Gasteiger partial charge is 0.309 e. The number of hydrogen-bond acceptors (Lipinski definition) is 4. The fourth-order valence-electron chi connectivity index (χ4n) is 9.69. The first-order valence-electron chi connectivity index (χ1n) is 22.9. The van der Waals surface area contributed by atoms with Gasteiger partial charge in [0, 0.05) is 49.5 Å². The first-order chi connectivity index (χ1) is 33.7. The van der Waals surface area contributed by atoms with Crippen molar-refractivity contribution in [2.24, 2.45) is 0 Å². The second-order valence-electron chi connectivity index (χ2n) is 17.1. The van der Waals surface area contributed by atoms with Gasteiger partial charge < -0.3 is 4.57 Å². The molecule has 6 heteroatoms. The molecule has 0 aliphatic carbocycles. The van der Waals surface area contributed by atoms with Gasteiger partial charge in [0.15, 0.2) is 11.6 Å². The van der Waals surface area contributed by atoms with E-state index in [-0.39, 0.29) is 0 Å². The molecule has 6 nitrogen and oxygen atoms in total. The summed E-state index contributed by atoms with van der Waals surface area (Å²) < 4.78 is 4.59. The molecule has 0 N–H and O–H groups in total. The van der Waals surface area contributed by atoms with E-state index in [0.717, 1.165) is 83.3 Å². The summed E-state index contributed by atoms with van der Waals surface area (Å²) in [5.41, 5.74) is 15.8. The van der Waals surface area contributed by atoms with Crippen LogP contribution in [0.25, 0.3) is 123 Å². The lowest BCUT2D eigenvalue weighted by atomic mass is 9.98. The maximum Gasteiger partial charge on any atom is 0.238 e. The van der Waals surface area contributed by atoms with Crippen molar-refractivity contribution < 1.29 is 0 Å². The molecule has 0 aliphatic heterocycles. The van der Waals surface area contributed by atoms with Crippen molar-refractivity contribution in [1.29, 1.82) is 0 Å². The van der Waals surface area contributed by atoms with Gasteiger partial charge in [0.2, 0.25) is 5.95 Å². The summed E-state index contributed by atoms with van der Waals surface area (Å²) >= 11 is 0. The minimum atomic E-state index is 0.564. The normalized spacial score (nSPS) is 11.5. The molecule has 0 saturated heterocycles. The highest BCUT2D eigenvalue weighted by atomic mass is 15.2. The minimum absolute atomic E-state index is 0.564. The topological polar surface area (TPSA) is 61.4 Å². The number of aromatic nitrogens is 6. The zero-order valence-corrected chi connectivity index (χ0v) is 36.8. The molecule has 13 rings (SSSR count). The molecule has 13 aromatic rings. The number of fused-ring (bicyclic) bond motifs is 6. The molecule has 68 heavy (non-hydrogen) atoms. The summed E-state index contributed by atoms with van der Waals surface area (Å²) in [7, 11) is 0. The second kappa shape index (κ2) is 16.3. The summed E-state index contributed by atoms with van der Waals surface area (Å²) in [4.78, 5) is 20.7. The van der Waals surface area contributed by atoms with Crippen LogP contribution in [-0.2, 0) is 0 Å². The molecule has 0 unspecified atom stereocenters. The maximum absolute atomic E-state index is 5.22. The molecule has 318 valence electrons. The van der Waals surface area contributed by atoms with E-state index in [1.165, 1.54) is 21.9 Å². The molecule has 0 radical (unpaired) electrons. The van der Waals surface area contributed by atoms with Crippen LogP contribution < -0.4 is 0 Å². The first-order valence-corrected chi connectivity index (χ1v) is 22.9. The number of benzene rings is 9. The van der Waals surface area contributed by atoms with E-state index in [1.54, 1.807) is 0 Å². The molecule has 4 aromatic heterocycles. The third-order valence-electron chi connectivity index (χ3n) is 13.0. The smallest absolute Gasteiger partial charge is 0.238 e. The van der Waals surface area contributed by atoms with Gasteiger partial charge in [-0.2, -0.15) is 9.97 Å². The van der Waals surface area contributed by atoms with Crippen LogP contribution in [0.3, 0.4) is 0 Å². The van der Waals surface area contributed by atoms with Crippen molar-refractivity contribution >= 4 is 43.6 Å². The van der Waals surface area contributed by atoms with Crippen LogP contribution in [0.15, 0.2) is 243 Å². The molecule has 0 fully saturated rings. The highest BCUT2D eigenvalue weighted by molar-refractivity contribution is 6.19. The number of rotatable bonds is 8. The van der Waals surface area contributed by atoms with Gasteiger partial charge >= 0.3 is 0 Å². The Balaban J connectivity index is 0.969. The van der Waals surface area contributed by atoms with E-state index in [1.807, 2.05) is 66.7 Å². The lowest BCUT2D eigenvalue weighted by Gasteiger charge is -2.13. The van der Waals surface area contributed by atoms with Crippen molar-refractivity contribution in [3.05, 3.63) is 243 Å². The Morgan fingerprint density at radius 1 is 0.235 bits per heavy atom. The van der Waals surface area contributed by atoms with E-state index < -0.39 is 0 Å². The van der Waals surface area contributed by atoms with Crippen molar-refractivity contribution in [2.75, 3.05) is 0 Å². The number of para-hydroxylation sites is 2. The van der Waals surface area contributed by atoms with Crippen molar-refractivity contribution in [2.45, 2.75) is 0 Å². The Morgan fingerprint density at radius 3 is 1.19 bits per heavy atom. The van der Waals surface area contributed by atoms with Gasteiger partial charge in [-0.3, -0.25) is 4.57 Å². The van der Waals surface area contributed by atoms with Crippen LogP contribution in [0.2, 0.25) is 0 Å². The predicted molar refractivity (Wildman–Crippen MR) is 279 cm³/mol. The van der Waals surface area contributed by atoms with Gasteiger partial charge in [-0.25, -0.2) is 9.97 Å². The summed E-state index contributed by atoms with van der Waals surface area (Å²) in [6.07, 6.45) is 0. The van der Waals surface area contributed by atoms with Crippen LogP contribution in [0.1, 0.15) is 0 Å². The van der Waals surface area contributed by atoms with Crippen LogP contribution in [0, 0.1) is 0 Å². The van der Waals surface area contributed by atoms with Gasteiger partial charge in [-0.15, -0.1) is 0 Å². The van der Waals surface area contributed by atoms with E-state index in [9.17, 15) is 0 Å². The summed E-state index contributed by atoms with van der Waals surface area (Å²) in [5, 5.41) is 4.63. The van der Waals surface area contributed by atoms with E-state index in [0.29, 0.717) is 17.6 Å². The highest BCUT2D eigenvalue weighted by Crippen LogP contribution is 2.40. The molecule has 0 bridgehead atoms. The molecule has 0 spiro atoms. The number of nitrogens with zero attached hydrogens (tertiary/aromatic N) is 6. The Morgan fingerprint density at radius 2 is 0.632 bits per heavy atom. The Labute approximate surface area is 392 Å². The fraction of sp³-hybridized carbons (Fsp3) is 0. The van der Waals surface area contributed by atoms with Crippen molar-refractivity contribution in [3.63, 3.8) is 0 Å². The lowest BCUT2D eigenvalue weighted by Crippen LogP contribution is -2.06. The van der Waals surface area contributed by atoms with Crippen LogP contribution >= 0.6 is 0 Å². The number of hydrogen-bond donors (Lipinski definition) is 0. The SMILES string of the molecule is c1ccc(-c2ccc(-c3cc(-c4ccc(-n5c6ccccc6c6cc7c8ccccc8n(-c8nc(-c9ccccc9)nc(-c9ccccc9)n8)c7cc65)cc4)cc(-c4ccccc4)n3)cc2)cc1. The van der Waals surface area contributed by atoms with Crippen molar-refractivity contribution in [1.82, 2.24) is 29.1 Å². The van der Waals surface area contributed by atoms with Gasteiger partial charge in [0.05, 0.1) is 33.5 Å². The maximum atomic E-state index is 5.22. The Hall–Kier alpha value is -9.26. The standard InChI is InChI=1S/C62H40N6/c1-5-17-41(18-6-1)42-29-31-45(32-30-42)55-38-48(37-54(63-55)44-19-7-2-8-20-44)43-33-35-49(36-34-43)67-56-27-15-13-25-50(56)52-39-53-51-26-14-16-28-57(51)68(59(53)40-58(52)67)62-65-60(46-21-9-3-10-22-46)64-61(66-62)47-23-11-4-12-24-47/h1-40H. The monoisotopic (exact) mass is 868 g/mol. The first kappa shape index (κ1) is 39.1. The molecule has 0 amide bonds. The summed E-state index contributed by atoms with van der Waals surface area (Å²) in [6, 6.07) is 85.2. The van der Waals surface area contributed by atoms with Crippen LogP contribution in [0.5, 0.6) is 0 Å². The third-order valence-corrected chi connectivity index (χ3v) is 13.0. The van der Waals surface area contributed by atoms with Crippen LogP contribution in [-0.4, -0.2) is 29.1 Å². The average molecular weight is 869 g/mol. The van der Waals surface area contributed by atoms with E-state index >= 15 is 0 Å². The van der Waals surface area contributed by atoms with Crippen LogP contribution in [0.4, 0.5) is 0 Å². The quantitative estimate of drug-likeness (QED) is 0.153. The fourth-order valence-corrected chi connectivity index (χ4v) is 9.69. The summed E-state index contributed by atoms with van der Waals surface area (Å²) in [5.74, 6) is 1.80. The van der Waals surface area contributed by atoms with Crippen molar-refractivity contribution in [3.8, 4) is 79.2 Å². The third kappa shape index (κ3) is 6.82. The van der Waals surface area contributed by atoms with E-state index in [4.69, 9.17) is 19.9 Å². The Bertz CT molecular complexity index is 3920. The molecule has 9 aromatic carbocycles.